The molecule has 2 heterocycles. The third-order valence-corrected chi connectivity index (χ3v) is 9.34. The molecule has 2 saturated carbocycles. The number of ketones is 1. The predicted octanol–water partition coefficient (Wildman–Crippen LogP) is 2.38. The average molecular weight is 378 g/mol. The molecule has 0 spiro atoms. The van der Waals surface area contributed by atoms with Gasteiger partial charge in [-0.05, 0) is 43.1 Å². The molecule has 2 bridgehead atoms. The zero-order chi connectivity index (χ0) is 18.6. The maximum atomic E-state index is 13.3. The first-order chi connectivity index (χ1) is 12.3. The van der Waals surface area contributed by atoms with Crippen LogP contribution in [0.25, 0.3) is 0 Å². The second-order valence-corrected chi connectivity index (χ2v) is 10.7. The molecule has 7 heteroatoms. The van der Waals surface area contributed by atoms with E-state index in [0.717, 1.165) is 25.0 Å². The van der Waals surface area contributed by atoms with E-state index in [4.69, 9.17) is 0 Å². The molecule has 0 aromatic carbocycles. The Balaban J connectivity index is 1.56. The van der Waals surface area contributed by atoms with E-state index in [2.05, 4.69) is 23.8 Å². The summed E-state index contributed by atoms with van der Waals surface area (Å²) in [6.07, 6.45) is 7.20. The van der Waals surface area contributed by atoms with Crippen LogP contribution in [0.2, 0.25) is 0 Å². The normalized spacial score (nSPS) is 34.3. The molecule has 4 rings (SSSR count). The van der Waals surface area contributed by atoms with Gasteiger partial charge in [-0.3, -0.25) is 4.79 Å². The highest BCUT2D eigenvalue weighted by Gasteiger charge is 2.65. The van der Waals surface area contributed by atoms with Crippen molar-refractivity contribution < 1.29 is 13.2 Å². The Bertz CT molecular complexity index is 809. The third-order valence-electron chi connectivity index (χ3n) is 7.37. The summed E-state index contributed by atoms with van der Waals surface area (Å²) in [4.78, 5) is 21.0. The summed E-state index contributed by atoms with van der Waals surface area (Å²) >= 11 is 0. The molecule has 1 saturated heterocycles. The van der Waals surface area contributed by atoms with Crippen molar-refractivity contribution in [2.75, 3.05) is 18.8 Å². The zero-order valence-corrected chi connectivity index (χ0v) is 16.3. The fraction of sp³-hybridized carbons (Fsp3) is 0.737. The zero-order valence-electron chi connectivity index (χ0n) is 15.5. The first-order valence-electron chi connectivity index (χ1n) is 9.53. The number of carbonyl (C=O) groups excluding carboxylic acids is 1. The van der Waals surface area contributed by atoms with Gasteiger partial charge in [-0.1, -0.05) is 13.8 Å². The van der Waals surface area contributed by atoms with Crippen LogP contribution in [-0.2, 0) is 14.8 Å². The van der Waals surface area contributed by atoms with Crippen LogP contribution in [0, 0.1) is 16.7 Å². The Labute approximate surface area is 155 Å². The number of piperidine rings is 1. The number of rotatable bonds is 4. The Hall–Kier alpha value is -1.34. The number of nitrogens with zero attached hydrogens (tertiary/aromatic N) is 3. The van der Waals surface area contributed by atoms with E-state index in [0.29, 0.717) is 31.8 Å². The molecule has 0 amide bonds. The molecule has 1 aliphatic heterocycles. The number of fused-ring (bicyclic) bond motifs is 2. The van der Waals surface area contributed by atoms with E-state index >= 15 is 0 Å². The lowest BCUT2D eigenvalue weighted by molar-refractivity contribution is -0.128. The molecule has 26 heavy (non-hydrogen) atoms. The van der Waals surface area contributed by atoms with E-state index in [1.165, 1.54) is 6.33 Å². The molecule has 0 radical (unpaired) electrons. The van der Waals surface area contributed by atoms with Gasteiger partial charge in [0.15, 0.2) is 0 Å². The first kappa shape index (κ1) is 18.0. The Morgan fingerprint density at radius 3 is 2.73 bits per heavy atom. The molecule has 1 unspecified atom stereocenters. The van der Waals surface area contributed by atoms with Crippen molar-refractivity contribution >= 4 is 15.8 Å². The molecule has 2 aliphatic carbocycles. The number of hydrogen-bond acceptors (Lipinski definition) is 5. The number of aromatic nitrogens is 2. The van der Waals surface area contributed by atoms with Crippen molar-refractivity contribution in [2.24, 2.45) is 16.7 Å². The van der Waals surface area contributed by atoms with Crippen LogP contribution in [0.5, 0.6) is 0 Å². The minimum absolute atomic E-state index is 0.0289. The Morgan fingerprint density at radius 1 is 1.31 bits per heavy atom. The molecule has 1 aromatic rings. The summed E-state index contributed by atoms with van der Waals surface area (Å²) in [5.41, 5.74) is -0.0200. The van der Waals surface area contributed by atoms with E-state index in [-0.39, 0.29) is 22.9 Å². The van der Waals surface area contributed by atoms with Gasteiger partial charge < -0.3 is 0 Å². The lowest BCUT2D eigenvalue weighted by Crippen LogP contribution is -2.48. The summed E-state index contributed by atoms with van der Waals surface area (Å²) in [6, 6.07) is 1.87. The van der Waals surface area contributed by atoms with Crippen molar-refractivity contribution in [3.8, 4) is 0 Å². The topological polar surface area (TPSA) is 80.2 Å². The molecule has 1 aromatic heterocycles. The fourth-order valence-electron chi connectivity index (χ4n) is 5.49. The van der Waals surface area contributed by atoms with Gasteiger partial charge in [0.05, 0.1) is 5.75 Å². The molecular formula is C19H27N3O3S. The quantitative estimate of drug-likeness (QED) is 0.805. The van der Waals surface area contributed by atoms with Crippen molar-refractivity contribution in [1.82, 2.24) is 14.3 Å². The average Bonchev–Trinajstić information content (AvgIpc) is 2.96. The van der Waals surface area contributed by atoms with Gasteiger partial charge in [-0.2, -0.15) is 0 Å². The van der Waals surface area contributed by atoms with Crippen LogP contribution in [0.3, 0.4) is 0 Å². The minimum Gasteiger partial charge on any atom is -0.299 e. The Morgan fingerprint density at radius 2 is 2.12 bits per heavy atom. The summed E-state index contributed by atoms with van der Waals surface area (Å²) in [5, 5.41) is 0. The van der Waals surface area contributed by atoms with Gasteiger partial charge in [0.25, 0.3) is 0 Å². The largest absolute Gasteiger partial charge is 0.299 e. The van der Waals surface area contributed by atoms with Gasteiger partial charge in [0.1, 0.15) is 12.1 Å². The molecule has 3 atom stereocenters. The molecule has 3 aliphatic rings. The first-order valence-corrected chi connectivity index (χ1v) is 11.1. The molecule has 142 valence electrons. The van der Waals surface area contributed by atoms with Crippen molar-refractivity contribution in [2.45, 2.75) is 51.9 Å². The SMILES string of the molecule is CC1(C)[C@@H]2CC[C@@]1(CS(=O)(=O)N1CCCC(c3ccncn3)C1)C(=O)C2. The van der Waals surface area contributed by atoms with Crippen molar-refractivity contribution in [1.29, 1.82) is 0 Å². The lowest BCUT2D eigenvalue weighted by Gasteiger charge is -2.39. The number of Topliss-reactive ketones (excluding diaryl/α,β-unsaturated/α-hetero) is 1. The standard InChI is InChI=1S/C19H27N3O3S/c1-18(2)15-5-7-19(18,17(23)10-15)12-26(24,25)22-9-3-4-14(11-22)16-6-8-20-13-21-16/h6,8,13-15H,3-5,7,9-12H2,1-2H3/t14?,15-,19-/m1/s1. The highest BCUT2D eigenvalue weighted by Crippen LogP contribution is 2.64. The predicted molar refractivity (Wildman–Crippen MR) is 97.9 cm³/mol. The molecular weight excluding hydrogens is 350 g/mol. The number of carbonyl (C=O) groups is 1. The maximum absolute atomic E-state index is 13.3. The third kappa shape index (κ3) is 2.62. The minimum atomic E-state index is -3.49. The highest BCUT2D eigenvalue weighted by atomic mass is 32.2. The van der Waals surface area contributed by atoms with E-state index in [9.17, 15) is 13.2 Å². The summed E-state index contributed by atoms with van der Waals surface area (Å²) in [6.45, 7) is 5.17. The number of sulfonamides is 1. The van der Waals surface area contributed by atoms with Crippen molar-refractivity contribution in [3.05, 3.63) is 24.3 Å². The molecule has 0 N–H and O–H groups in total. The maximum Gasteiger partial charge on any atom is 0.215 e. The second kappa shape index (κ2) is 6.09. The Kier molecular flexibility index (Phi) is 4.23. The van der Waals surface area contributed by atoms with Crippen LogP contribution in [0.1, 0.15) is 57.6 Å². The van der Waals surface area contributed by atoms with Gasteiger partial charge >= 0.3 is 0 Å². The monoisotopic (exact) mass is 377 g/mol. The van der Waals surface area contributed by atoms with Crippen LogP contribution < -0.4 is 0 Å². The summed E-state index contributed by atoms with van der Waals surface area (Å²) in [7, 11) is -3.49. The van der Waals surface area contributed by atoms with E-state index in [1.54, 1.807) is 10.5 Å². The van der Waals surface area contributed by atoms with Crippen molar-refractivity contribution in [3.63, 3.8) is 0 Å². The molecule has 3 fully saturated rings. The highest BCUT2D eigenvalue weighted by molar-refractivity contribution is 7.89. The van der Waals surface area contributed by atoms with E-state index in [1.807, 2.05) is 6.07 Å². The lowest BCUT2D eigenvalue weighted by atomic mass is 9.70. The van der Waals surface area contributed by atoms with Crippen LogP contribution in [-0.4, -0.2) is 47.3 Å². The van der Waals surface area contributed by atoms with Crippen LogP contribution in [0.4, 0.5) is 0 Å². The van der Waals surface area contributed by atoms with E-state index < -0.39 is 15.4 Å². The summed E-state index contributed by atoms with van der Waals surface area (Å²) < 4.78 is 28.2. The van der Waals surface area contributed by atoms with Crippen LogP contribution >= 0.6 is 0 Å². The summed E-state index contributed by atoms with van der Waals surface area (Å²) in [5.74, 6) is 0.563. The van der Waals surface area contributed by atoms with Gasteiger partial charge in [0.2, 0.25) is 10.0 Å². The smallest absolute Gasteiger partial charge is 0.215 e. The molecule has 6 nitrogen and oxygen atoms in total. The second-order valence-electron chi connectivity index (χ2n) is 8.75. The number of hydrogen-bond donors (Lipinski definition) is 0. The van der Waals surface area contributed by atoms with Gasteiger partial charge in [0, 0.05) is 42.7 Å². The fourth-order valence-corrected chi connectivity index (χ4v) is 7.79. The van der Waals surface area contributed by atoms with Gasteiger partial charge in [-0.15, -0.1) is 0 Å². The van der Waals surface area contributed by atoms with Crippen LogP contribution in [0.15, 0.2) is 18.6 Å². The van der Waals surface area contributed by atoms with Gasteiger partial charge in [-0.25, -0.2) is 22.7 Å².